The number of pyridine rings is 1. The second-order valence-corrected chi connectivity index (χ2v) is 9.42. The van der Waals surface area contributed by atoms with E-state index < -0.39 is 12.0 Å². The second kappa shape index (κ2) is 8.87. The topological polar surface area (TPSA) is 34.6 Å². The van der Waals surface area contributed by atoms with Gasteiger partial charge in [0.2, 0.25) is 0 Å². The van der Waals surface area contributed by atoms with Crippen molar-refractivity contribution in [1.29, 1.82) is 0 Å². The highest BCUT2D eigenvalue weighted by molar-refractivity contribution is 6.30. The highest BCUT2D eigenvalue weighted by Crippen LogP contribution is 2.51. The van der Waals surface area contributed by atoms with Gasteiger partial charge in [0.25, 0.3) is 0 Å². The van der Waals surface area contributed by atoms with Crippen molar-refractivity contribution >= 4 is 11.6 Å². The third-order valence-corrected chi connectivity index (χ3v) is 6.78. The summed E-state index contributed by atoms with van der Waals surface area (Å²) in [5, 5.41) is 0.691. The van der Waals surface area contributed by atoms with E-state index in [9.17, 15) is 13.2 Å². The van der Waals surface area contributed by atoms with Crippen LogP contribution in [-0.4, -0.2) is 29.3 Å². The van der Waals surface area contributed by atoms with Crippen LogP contribution in [0, 0.1) is 6.92 Å². The van der Waals surface area contributed by atoms with Gasteiger partial charge in [-0.1, -0.05) is 29.8 Å². The molecule has 4 nitrogen and oxygen atoms in total. The molecule has 3 heterocycles. The Kier molecular flexibility index (Phi) is 6.04. The zero-order chi connectivity index (χ0) is 23.9. The van der Waals surface area contributed by atoms with E-state index >= 15 is 0 Å². The van der Waals surface area contributed by atoms with E-state index in [4.69, 9.17) is 16.3 Å². The molecule has 8 heteroatoms. The van der Waals surface area contributed by atoms with Gasteiger partial charge in [-0.05, 0) is 72.4 Å². The van der Waals surface area contributed by atoms with Crippen molar-refractivity contribution in [3.8, 4) is 5.75 Å². The lowest BCUT2D eigenvalue weighted by molar-refractivity contribution is -0.274. The summed E-state index contributed by atoms with van der Waals surface area (Å²) in [6.07, 6.45) is 0.447. The number of piperidine rings is 1. The molecule has 5 rings (SSSR count). The summed E-state index contributed by atoms with van der Waals surface area (Å²) in [5.41, 5.74) is 4.91. The molecule has 0 radical (unpaired) electrons. The molecule has 34 heavy (non-hydrogen) atoms. The summed E-state index contributed by atoms with van der Waals surface area (Å²) < 4.78 is 47.9. The van der Waals surface area contributed by atoms with Crippen LogP contribution in [0.3, 0.4) is 0 Å². The van der Waals surface area contributed by atoms with E-state index in [0.29, 0.717) is 11.6 Å². The number of nitrogens with zero attached hydrogens (tertiary/aromatic N) is 2. The summed E-state index contributed by atoms with van der Waals surface area (Å²) in [6, 6.07) is 14.1. The second-order valence-electron chi connectivity index (χ2n) is 8.98. The summed E-state index contributed by atoms with van der Waals surface area (Å²) in [7, 11) is 0. The minimum atomic E-state index is -4.68. The molecule has 2 aliphatic heterocycles. The Morgan fingerprint density at radius 3 is 2.53 bits per heavy atom. The Bertz CT molecular complexity index is 1160. The monoisotopic (exact) mass is 488 g/mol. The lowest BCUT2D eigenvalue weighted by atomic mass is 9.84. The Labute approximate surface area is 201 Å². The van der Waals surface area contributed by atoms with Crippen molar-refractivity contribution in [3.05, 3.63) is 93.8 Å². The normalized spacial score (nSPS) is 19.9. The number of ether oxygens (including phenoxy) is 2. The van der Waals surface area contributed by atoms with Crippen LogP contribution in [0.5, 0.6) is 5.75 Å². The molecule has 0 saturated carbocycles. The average molecular weight is 489 g/mol. The van der Waals surface area contributed by atoms with Gasteiger partial charge in [-0.2, -0.15) is 0 Å². The first kappa shape index (κ1) is 23.1. The van der Waals surface area contributed by atoms with Crippen molar-refractivity contribution in [3.63, 3.8) is 0 Å². The molecule has 1 saturated heterocycles. The van der Waals surface area contributed by atoms with E-state index in [0.717, 1.165) is 53.7 Å². The summed E-state index contributed by atoms with van der Waals surface area (Å²) in [6.45, 7) is 4.28. The molecule has 1 unspecified atom stereocenters. The minimum absolute atomic E-state index is 0.192. The maximum Gasteiger partial charge on any atom is 0.573 e. The Hall–Kier alpha value is -2.61. The van der Waals surface area contributed by atoms with Crippen molar-refractivity contribution in [2.75, 3.05) is 13.1 Å². The van der Waals surface area contributed by atoms with Gasteiger partial charge in [-0.25, -0.2) is 0 Å². The van der Waals surface area contributed by atoms with Gasteiger partial charge in [0.1, 0.15) is 11.9 Å². The fourth-order valence-corrected chi connectivity index (χ4v) is 5.34. The maximum atomic E-state index is 12.4. The van der Waals surface area contributed by atoms with E-state index in [2.05, 4.69) is 20.7 Å². The quantitative estimate of drug-likeness (QED) is 0.417. The molecule has 178 valence electrons. The number of halogens is 4. The molecular weight excluding hydrogens is 465 g/mol. The van der Waals surface area contributed by atoms with Crippen LogP contribution < -0.4 is 4.74 Å². The highest BCUT2D eigenvalue weighted by Gasteiger charge is 2.47. The Balaban J connectivity index is 1.29. The van der Waals surface area contributed by atoms with Crippen LogP contribution in [0.1, 0.15) is 46.8 Å². The number of rotatable bonds is 4. The van der Waals surface area contributed by atoms with Gasteiger partial charge >= 0.3 is 6.36 Å². The first-order valence-corrected chi connectivity index (χ1v) is 11.5. The molecule has 2 aliphatic rings. The smallest absolute Gasteiger partial charge is 0.406 e. The van der Waals surface area contributed by atoms with Gasteiger partial charge in [-0.3, -0.25) is 9.88 Å². The van der Waals surface area contributed by atoms with Crippen molar-refractivity contribution in [2.24, 2.45) is 0 Å². The van der Waals surface area contributed by atoms with Gasteiger partial charge in [-0.15, -0.1) is 13.2 Å². The molecule has 0 bridgehead atoms. The predicted molar refractivity (Wildman–Crippen MR) is 123 cm³/mol. The molecule has 2 aromatic carbocycles. The third-order valence-electron chi connectivity index (χ3n) is 6.57. The third kappa shape index (κ3) is 4.78. The number of aromatic nitrogens is 1. The van der Waals surface area contributed by atoms with E-state index in [-0.39, 0.29) is 11.9 Å². The zero-order valence-corrected chi connectivity index (χ0v) is 19.4. The SMILES string of the molecule is Cc1cc(Cl)cc(C2OC3(CCN(Cc4ccc(OC(F)(F)F)cc4)CC3)c3cnccc32)c1. The molecule has 1 atom stereocenters. The zero-order valence-electron chi connectivity index (χ0n) is 18.6. The number of likely N-dealkylation sites (tertiary alicyclic amines) is 1. The van der Waals surface area contributed by atoms with Gasteiger partial charge in [0.15, 0.2) is 0 Å². The number of benzene rings is 2. The van der Waals surface area contributed by atoms with Crippen molar-refractivity contribution < 1.29 is 22.6 Å². The predicted octanol–water partition coefficient (Wildman–Crippen LogP) is 6.55. The van der Waals surface area contributed by atoms with Crippen LogP contribution in [0.15, 0.2) is 60.9 Å². The lowest BCUT2D eigenvalue weighted by Crippen LogP contribution is -2.42. The fraction of sp³-hybridized carbons (Fsp3) is 0.346. The Morgan fingerprint density at radius 1 is 1.12 bits per heavy atom. The van der Waals surface area contributed by atoms with Crippen LogP contribution in [0.4, 0.5) is 13.2 Å². The number of alkyl halides is 3. The molecule has 0 N–H and O–H groups in total. The van der Waals surface area contributed by atoms with Crippen LogP contribution in [0.25, 0.3) is 0 Å². The molecule has 3 aromatic rings. The largest absolute Gasteiger partial charge is 0.573 e. The molecule has 0 aliphatic carbocycles. The number of hydrogen-bond acceptors (Lipinski definition) is 4. The molecule has 0 amide bonds. The number of hydrogen-bond donors (Lipinski definition) is 0. The fourth-order valence-electron chi connectivity index (χ4n) is 5.04. The molecule has 1 fully saturated rings. The molecule has 1 spiro atoms. The van der Waals surface area contributed by atoms with Crippen LogP contribution >= 0.6 is 11.6 Å². The summed E-state index contributed by atoms with van der Waals surface area (Å²) in [4.78, 5) is 6.67. The minimum Gasteiger partial charge on any atom is -0.406 e. The Morgan fingerprint density at radius 2 is 1.85 bits per heavy atom. The number of aryl methyl sites for hydroxylation is 1. The van der Waals surface area contributed by atoms with Crippen molar-refractivity contribution in [2.45, 2.75) is 44.4 Å². The standard InChI is InChI=1S/C26H24ClF3N2O2/c1-17-12-19(14-20(27)13-17)24-22-6-9-31-15-23(22)25(34-24)7-10-32(11-8-25)16-18-2-4-21(5-3-18)33-26(28,29)30/h2-6,9,12-15,24H,7-8,10-11,16H2,1H3. The first-order chi connectivity index (χ1) is 16.2. The van der Waals surface area contributed by atoms with Crippen LogP contribution in [-0.2, 0) is 16.9 Å². The summed E-state index contributed by atoms with van der Waals surface area (Å²) in [5.74, 6) is -0.209. The van der Waals surface area contributed by atoms with Crippen molar-refractivity contribution in [1.82, 2.24) is 9.88 Å². The average Bonchev–Trinajstić information content (AvgIpc) is 3.10. The maximum absolute atomic E-state index is 12.4. The number of fused-ring (bicyclic) bond motifs is 2. The lowest BCUT2D eigenvalue weighted by Gasteiger charge is -2.39. The van der Waals surface area contributed by atoms with E-state index in [1.807, 2.05) is 31.3 Å². The van der Waals surface area contributed by atoms with E-state index in [1.165, 1.54) is 12.1 Å². The molecule has 1 aromatic heterocycles. The van der Waals surface area contributed by atoms with Gasteiger partial charge < -0.3 is 9.47 Å². The first-order valence-electron chi connectivity index (χ1n) is 11.2. The molecular formula is C26H24ClF3N2O2. The van der Waals surface area contributed by atoms with E-state index in [1.54, 1.807) is 18.3 Å². The summed E-state index contributed by atoms with van der Waals surface area (Å²) >= 11 is 6.33. The highest BCUT2D eigenvalue weighted by atomic mass is 35.5. The van der Waals surface area contributed by atoms with Gasteiger partial charge in [0, 0.05) is 42.6 Å². The van der Waals surface area contributed by atoms with Crippen LogP contribution in [0.2, 0.25) is 5.02 Å². The van der Waals surface area contributed by atoms with Gasteiger partial charge in [0.05, 0.1) is 5.60 Å².